The van der Waals surface area contributed by atoms with E-state index in [4.69, 9.17) is 4.74 Å². The molecule has 0 bridgehead atoms. The van der Waals surface area contributed by atoms with Crippen molar-refractivity contribution in [2.45, 2.75) is 143 Å². The molecule has 0 spiro atoms. The molecular formula is C39H56N6O3. The van der Waals surface area contributed by atoms with Gasteiger partial charge in [-0.3, -0.25) is 14.3 Å². The Morgan fingerprint density at radius 2 is 1.73 bits per heavy atom. The predicted octanol–water partition coefficient (Wildman–Crippen LogP) is 8.55. The second-order valence-corrected chi connectivity index (χ2v) is 14.6. The van der Waals surface area contributed by atoms with Gasteiger partial charge in [-0.25, -0.2) is 10.2 Å². The van der Waals surface area contributed by atoms with E-state index in [1.807, 2.05) is 58.4 Å². The Bertz CT molecular complexity index is 1640. The fraction of sp³-hybridized carbons (Fsp3) is 0.590. The van der Waals surface area contributed by atoms with E-state index in [2.05, 4.69) is 69.3 Å². The SMILES string of the molecule is CC.CCCCc1c(Cc2ccc(-c3ccccc3C3(C)N=NNN3)cc2)c(=O)n2n1CCCC2C1(C(=O)OC(C)(C)C)CCCCC1. The molecule has 9 heteroatoms. The number of hydrogen-bond donors (Lipinski definition) is 2. The normalized spacial score (nSPS) is 21.5. The van der Waals surface area contributed by atoms with E-state index in [0.717, 1.165) is 104 Å². The fourth-order valence-corrected chi connectivity index (χ4v) is 7.88. The van der Waals surface area contributed by atoms with Gasteiger partial charge in [0.25, 0.3) is 5.56 Å². The lowest BCUT2D eigenvalue weighted by Crippen LogP contribution is -2.49. The number of carbonyl (C=O) groups is 1. The predicted molar refractivity (Wildman–Crippen MR) is 191 cm³/mol. The Labute approximate surface area is 286 Å². The number of nitrogens with one attached hydrogen (secondary N) is 2. The van der Waals surface area contributed by atoms with E-state index in [1.54, 1.807) is 0 Å². The summed E-state index contributed by atoms with van der Waals surface area (Å²) in [5.41, 5.74) is 10.4. The molecule has 3 heterocycles. The highest BCUT2D eigenvalue weighted by atomic mass is 16.6. The second-order valence-electron chi connectivity index (χ2n) is 14.6. The summed E-state index contributed by atoms with van der Waals surface area (Å²) >= 11 is 0. The first-order valence-electron chi connectivity index (χ1n) is 18.3. The largest absolute Gasteiger partial charge is 0.459 e. The first-order valence-corrected chi connectivity index (χ1v) is 18.3. The summed E-state index contributed by atoms with van der Waals surface area (Å²) in [5, 5.41) is 8.32. The lowest BCUT2D eigenvalue weighted by molar-refractivity contribution is -0.175. The Hall–Kier alpha value is -3.72. The molecule has 2 N–H and O–H groups in total. The van der Waals surface area contributed by atoms with Gasteiger partial charge in [-0.05, 0) is 82.9 Å². The number of rotatable bonds is 9. The molecular weight excluding hydrogens is 600 g/mol. The van der Waals surface area contributed by atoms with Crippen molar-refractivity contribution in [3.05, 3.63) is 81.3 Å². The van der Waals surface area contributed by atoms with Gasteiger partial charge in [0.05, 0.1) is 11.5 Å². The number of esters is 1. The van der Waals surface area contributed by atoms with Crippen molar-refractivity contribution in [1.82, 2.24) is 20.3 Å². The van der Waals surface area contributed by atoms with Crippen molar-refractivity contribution in [3.63, 3.8) is 0 Å². The van der Waals surface area contributed by atoms with Crippen LogP contribution in [0.25, 0.3) is 11.1 Å². The zero-order valence-electron chi connectivity index (χ0n) is 30.2. The van der Waals surface area contributed by atoms with E-state index >= 15 is 0 Å². The first-order chi connectivity index (χ1) is 23.1. The van der Waals surface area contributed by atoms with E-state index in [-0.39, 0.29) is 17.6 Å². The minimum Gasteiger partial charge on any atom is -0.459 e. The minimum absolute atomic E-state index is 0.0665. The monoisotopic (exact) mass is 656 g/mol. The van der Waals surface area contributed by atoms with Gasteiger partial charge in [-0.2, -0.15) is 5.43 Å². The van der Waals surface area contributed by atoms with Crippen LogP contribution in [0.5, 0.6) is 0 Å². The topological polar surface area (TPSA) is 102 Å². The molecule has 3 aliphatic rings. The van der Waals surface area contributed by atoms with Crippen LogP contribution in [0.4, 0.5) is 0 Å². The van der Waals surface area contributed by atoms with E-state index in [0.29, 0.717) is 6.42 Å². The van der Waals surface area contributed by atoms with E-state index in [1.165, 1.54) is 0 Å². The number of benzene rings is 2. The molecule has 2 atom stereocenters. The number of hydrazine groups is 1. The number of carbonyl (C=O) groups excluding carboxylic acids is 1. The molecule has 48 heavy (non-hydrogen) atoms. The van der Waals surface area contributed by atoms with Crippen LogP contribution in [0, 0.1) is 5.41 Å². The molecule has 1 aliphatic carbocycles. The van der Waals surface area contributed by atoms with Crippen LogP contribution in [0.3, 0.4) is 0 Å². The van der Waals surface area contributed by atoms with Crippen LogP contribution < -0.4 is 16.5 Å². The molecule has 9 nitrogen and oxygen atoms in total. The minimum atomic E-state index is -0.667. The van der Waals surface area contributed by atoms with Crippen LogP contribution >= 0.6 is 0 Å². The molecule has 2 aromatic carbocycles. The van der Waals surface area contributed by atoms with Crippen molar-refractivity contribution < 1.29 is 9.53 Å². The molecule has 0 saturated heterocycles. The number of nitrogens with zero attached hydrogens (tertiary/aromatic N) is 4. The molecule has 1 saturated carbocycles. The summed E-state index contributed by atoms with van der Waals surface area (Å²) in [6, 6.07) is 16.6. The summed E-state index contributed by atoms with van der Waals surface area (Å²) in [6.07, 6.45) is 9.94. The molecule has 1 aromatic heterocycles. The number of fused-ring (bicyclic) bond motifs is 1. The van der Waals surface area contributed by atoms with Gasteiger partial charge < -0.3 is 4.74 Å². The highest BCUT2D eigenvalue weighted by Gasteiger charge is 2.51. The molecule has 0 radical (unpaired) electrons. The van der Waals surface area contributed by atoms with Crippen LogP contribution in [0.2, 0.25) is 0 Å². The van der Waals surface area contributed by atoms with Crippen molar-refractivity contribution in [2.75, 3.05) is 0 Å². The summed E-state index contributed by atoms with van der Waals surface area (Å²) in [4.78, 5) is 28.6. The summed E-state index contributed by atoms with van der Waals surface area (Å²) in [5.74, 6) is -0.127. The van der Waals surface area contributed by atoms with Gasteiger partial charge in [0.15, 0.2) is 5.66 Å². The molecule has 260 valence electrons. The lowest BCUT2D eigenvalue weighted by atomic mass is 9.67. The van der Waals surface area contributed by atoms with E-state index < -0.39 is 16.7 Å². The highest BCUT2D eigenvalue weighted by molar-refractivity contribution is 5.78. The number of unbranched alkanes of at least 4 members (excludes halogenated alkanes) is 1. The maximum atomic E-state index is 14.6. The third kappa shape index (κ3) is 7.02. The van der Waals surface area contributed by atoms with Gasteiger partial charge in [0.2, 0.25) is 0 Å². The Morgan fingerprint density at radius 1 is 1.02 bits per heavy atom. The highest BCUT2D eigenvalue weighted by Crippen LogP contribution is 2.49. The number of hydrogen-bond acceptors (Lipinski definition) is 7. The van der Waals surface area contributed by atoms with Crippen LogP contribution in [0.1, 0.15) is 135 Å². The summed E-state index contributed by atoms with van der Waals surface area (Å²) < 4.78 is 10.4. The Balaban J connectivity index is 0.00000221. The third-order valence-corrected chi connectivity index (χ3v) is 10.2. The molecule has 2 unspecified atom stereocenters. The fourth-order valence-electron chi connectivity index (χ4n) is 7.88. The van der Waals surface area contributed by atoms with Gasteiger partial charge >= 0.3 is 5.97 Å². The smallest absolute Gasteiger partial charge is 0.314 e. The van der Waals surface area contributed by atoms with E-state index in [9.17, 15) is 9.59 Å². The first kappa shape index (κ1) is 35.6. The summed E-state index contributed by atoms with van der Waals surface area (Å²) in [7, 11) is 0. The second kappa shape index (κ2) is 14.8. The lowest BCUT2D eigenvalue weighted by Gasteiger charge is -2.45. The maximum absolute atomic E-state index is 14.6. The van der Waals surface area contributed by atoms with Crippen LogP contribution in [-0.4, -0.2) is 20.9 Å². The maximum Gasteiger partial charge on any atom is 0.314 e. The van der Waals surface area contributed by atoms with Gasteiger partial charge in [-0.15, -0.1) is 5.11 Å². The summed E-state index contributed by atoms with van der Waals surface area (Å²) in [6.45, 7) is 14.8. The quantitative estimate of drug-likeness (QED) is 0.225. The van der Waals surface area contributed by atoms with Crippen LogP contribution in [-0.2, 0) is 34.6 Å². The van der Waals surface area contributed by atoms with Crippen molar-refractivity contribution in [3.8, 4) is 11.1 Å². The van der Waals surface area contributed by atoms with Crippen LogP contribution in [0.15, 0.2) is 63.7 Å². The molecule has 1 fully saturated rings. The van der Waals surface area contributed by atoms with Gasteiger partial charge in [0.1, 0.15) is 5.60 Å². The zero-order chi connectivity index (χ0) is 34.5. The number of ether oxygens (including phenoxy) is 1. The Kier molecular flexibility index (Phi) is 11.0. The standard InChI is InChI=1S/C37H50N6O3.C2H6/c1-6-7-16-31-29(25-26-18-20-27(21-19-26)28-14-9-10-15-30(28)36(5)38-40-41-39-36)33(44)43-32(17-13-24-42(31)43)37(22-11-8-12-23-37)34(45)46-35(2,3)4;1-2/h9-10,14-15,18-21,32H,6-8,11-13,16-17,22-25H2,1-5H3,(H,38,41)(H,39,40);1-2H3. The van der Waals surface area contributed by atoms with Crippen molar-refractivity contribution in [1.29, 1.82) is 0 Å². The number of aromatic nitrogens is 2. The average Bonchev–Trinajstić information content (AvgIpc) is 3.66. The van der Waals surface area contributed by atoms with Gasteiger partial charge in [-0.1, -0.05) is 100 Å². The third-order valence-electron chi connectivity index (χ3n) is 10.2. The van der Waals surface area contributed by atoms with Crippen molar-refractivity contribution >= 4 is 5.97 Å². The molecule has 2 aliphatic heterocycles. The molecule has 3 aromatic rings. The van der Waals surface area contributed by atoms with Crippen molar-refractivity contribution in [2.24, 2.45) is 15.8 Å². The zero-order valence-corrected chi connectivity index (χ0v) is 30.2. The molecule has 6 rings (SSSR count). The Morgan fingerprint density at radius 3 is 2.38 bits per heavy atom. The molecule has 0 amide bonds. The van der Waals surface area contributed by atoms with Gasteiger partial charge in [0, 0.05) is 29.8 Å². The average molecular weight is 657 g/mol.